The Hall–Kier alpha value is -3.12. The van der Waals surface area contributed by atoms with Crippen LogP contribution in [-0.4, -0.2) is 23.4 Å². The molecule has 6 heteroatoms. The van der Waals surface area contributed by atoms with Crippen molar-refractivity contribution in [2.24, 2.45) is 4.99 Å². The van der Waals surface area contributed by atoms with Gasteiger partial charge in [0.1, 0.15) is 17.0 Å². The van der Waals surface area contributed by atoms with Gasteiger partial charge in [0.05, 0.1) is 22.8 Å². The highest BCUT2D eigenvalue weighted by atomic mass is 79.9. The summed E-state index contributed by atoms with van der Waals surface area (Å²) in [4.78, 5) is 9.04. The van der Waals surface area contributed by atoms with E-state index in [9.17, 15) is 5.11 Å². The maximum absolute atomic E-state index is 10.3. The Morgan fingerprint density at radius 3 is 2.75 bits per heavy atom. The minimum Gasteiger partial charge on any atom is -0.507 e. The summed E-state index contributed by atoms with van der Waals surface area (Å²) in [5, 5.41) is 10.3. The minimum atomic E-state index is 0.0929. The number of aliphatic imine (C=N–C) groups is 1. The van der Waals surface area contributed by atoms with E-state index in [0.717, 1.165) is 26.9 Å². The minimum absolute atomic E-state index is 0.0929. The first-order chi connectivity index (χ1) is 13.5. The molecule has 0 atom stereocenters. The number of rotatable bonds is 4. The lowest BCUT2D eigenvalue weighted by atomic mass is 10.1. The van der Waals surface area contributed by atoms with Gasteiger partial charge in [-0.1, -0.05) is 12.1 Å². The van der Waals surface area contributed by atoms with Crippen LogP contribution in [0.3, 0.4) is 0 Å². The molecule has 0 amide bonds. The molecule has 3 aromatic carbocycles. The van der Waals surface area contributed by atoms with E-state index in [1.165, 1.54) is 0 Å². The third kappa shape index (κ3) is 3.51. The molecule has 0 spiro atoms. The Balaban J connectivity index is 1.68. The number of nitrogens with zero attached hydrogens (tertiary/aromatic N) is 2. The molecule has 0 bridgehead atoms. The second-order valence-electron chi connectivity index (χ2n) is 6.29. The first-order valence-corrected chi connectivity index (χ1v) is 9.41. The normalized spacial score (nSPS) is 11.4. The van der Waals surface area contributed by atoms with Gasteiger partial charge in [-0.15, -0.1) is 0 Å². The number of fused-ring (bicyclic) bond motifs is 1. The van der Waals surface area contributed by atoms with E-state index in [1.807, 2.05) is 43.3 Å². The number of aryl methyl sites for hydroxylation is 1. The third-order valence-corrected chi connectivity index (χ3v) is 4.99. The summed E-state index contributed by atoms with van der Waals surface area (Å²) in [6, 6.07) is 16.5. The van der Waals surface area contributed by atoms with E-state index >= 15 is 0 Å². The summed E-state index contributed by atoms with van der Waals surface area (Å²) >= 11 is 3.47. The first kappa shape index (κ1) is 18.3. The number of phenols is 1. The molecule has 5 nitrogen and oxygen atoms in total. The van der Waals surface area contributed by atoms with Crippen molar-refractivity contribution in [3.8, 4) is 23.0 Å². The van der Waals surface area contributed by atoms with Crippen molar-refractivity contribution in [1.29, 1.82) is 0 Å². The number of benzene rings is 3. The Labute approximate surface area is 170 Å². The quantitative estimate of drug-likeness (QED) is 0.396. The van der Waals surface area contributed by atoms with Crippen molar-refractivity contribution in [1.82, 2.24) is 4.98 Å². The van der Waals surface area contributed by atoms with Gasteiger partial charge in [0.25, 0.3) is 0 Å². The van der Waals surface area contributed by atoms with Crippen LogP contribution in [0.2, 0.25) is 0 Å². The first-order valence-electron chi connectivity index (χ1n) is 8.62. The third-order valence-electron chi connectivity index (χ3n) is 4.37. The molecule has 0 saturated heterocycles. The summed E-state index contributed by atoms with van der Waals surface area (Å²) < 4.78 is 11.9. The maximum atomic E-state index is 10.3. The molecule has 0 aliphatic heterocycles. The molecule has 1 aromatic heterocycles. The molecule has 4 rings (SSSR count). The largest absolute Gasteiger partial charge is 0.507 e. The van der Waals surface area contributed by atoms with E-state index in [1.54, 1.807) is 31.5 Å². The lowest BCUT2D eigenvalue weighted by Gasteiger charge is -2.04. The highest BCUT2D eigenvalue weighted by molar-refractivity contribution is 9.10. The zero-order valence-electron chi connectivity index (χ0n) is 15.3. The van der Waals surface area contributed by atoms with Gasteiger partial charge in [0.2, 0.25) is 5.89 Å². The van der Waals surface area contributed by atoms with Crippen molar-refractivity contribution in [2.45, 2.75) is 6.92 Å². The van der Waals surface area contributed by atoms with Crippen LogP contribution in [0.25, 0.3) is 22.6 Å². The Morgan fingerprint density at radius 2 is 2.00 bits per heavy atom. The molecular formula is C22H17BrN2O3. The molecule has 0 radical (unpaired) electrons. The number of aromatic hydroxyl groups is 1. The molecule has 0 aliphatic carbocycles. The molecule has 0 unspecified atom stereocenters. The highest BCUT2D eigenvalue weighted by Crippen LogP contribution is 2.34. The number of oxazole rings is 1. The van der Waals surface area contributed by atoms with Crippen LogP contribution >= 0.6 is 15.9 Å². The molecule has 4 aromatic rings. The number of hydrogen-bond donors (Lipinski definition) is 1. The smallest absolute Gasteiger partial charge is 0.231 e. The van der Waals surface area contributed by atoms with E-state index < -0.39 is 0 Å². The second-order valence-corrected chi connectivity index (χ2v) is 7.15. The van der Waals surface area contributed by atoms with Gasteiger partial charge in [-0.2, -0.15) is 0 Å². The van der Waals surface area contributed by atoms with Crippen LogP contribution < -0.4 is 4.74 Å². The van der Waals surface area contributed by atoms with Crippen LogP contribution in [0, 0.1) is 6.92 Å². The molecule has 1 heterocycles. The molecule has 140 valence electrons. The Bertz CT molecular complexity index is 1200. The summed E-state index contributed by atoms with van der Waals surface area (Å²) in [6.45, 7) is 1.97. The fraction of sp³-hybridized carbons (Fsp3) is 0.0909. The van der Waals surface area contributed by atoms with Gasteiger partial charge in [-0.3, -0.25) is 4.99 Å². The van der Waals surface area contributed by atoms with Crippen LogP contribution in [-0.2, 0) is 0 Å². The van der Waals surface area contributed by atoms with Crippen molar-refractivity contribution >= 4 is 38.9 Å². The number of halogens is 1. The van der Waals surface area contributed by atoms with Crippen molar-refractivity contribution in [3.63, 3.8) is 0 Å². The lowest BCUT2D eigenvalue weighted by Crippen LogP contribution is -1.87. The maximum Gasteiger partial charge on any atom is 0.231 e. The van der Waals surface area contributed by atoms with Crippen LogP contribution in [0.4, 0.5) is 5.69 Å². The van der Waals surface area contributed by atoms with E-state index in [-0.39, 0.29) is 5.75 Å². The van der Waals surface area contributed by atoms with Gasteiger partial charge < -0.3 is 14.3 Å². The van der Waals surface area contributed by atoms with Crippen molar-refractivity contribution < 1.29 is 14.3 Å². The van der Waals surface area contributed by atoms with Gasteiger partial charge in [0.15, 0.2) is 5.58 Å². The van der Waals surface area contributed by atoms with Crippen molar-refractivity contribution in [3.05, 3.63) is 70.2 Å². The van der Waals surface area contributed by atoms with Gasteiger partial charge in [-0.25, -0.2) is 4.98 Å². The molecule has 0 aliphatic rings. The molecule has 0 fully saturated rings. The fourth-order valence-electron chi connectivity index (χ4n) is 2.89. The Kier molecular flexibility index (Phi) is 4.88. The number of aromatic nitrogens is 1. The molecule has 28 heavy (non-hydrogen) atoms. The van der Waals surface area contributed by atoms with Gasteiger partial charge >= 0.3 is 0 Å². The van der Waals surface area contributed by atoms with Gasteiger partial charge in [0, 0.05) is 6.21 Å². The van der Waals surface area contributed by atoms with Crippen LogP contribution in [0.1, 0.15) is 11.1 Å². The molecular weight excluding hydrogens is 420 g/mol. The predicted molar refractivity (Wildman–Crippen MR) is 114 cm³/mol. The van der Waals surface area contributed by atoms with E-state index in [0.29, 0.717) is 22.7 Å². The zero-order valence-corrected chi connectivity index (χ0v) is 16.9. The second kappa shape index (κ2) is 7.48. The average molecular weight is 437 g/mol. The number of hydrogen-bond acceptors (Lipinski definition) is 5. The highest BCUT2D eigenvalue weighted by Gasteiger charge is 2.14. The van der Waals surface area contributed by atoms with Gasteiger partial charge in [-0.05, 0) is 76.4 Å². The van der Waals surface area contributed by atoms with E-state index in [4.69, 9.17) is 9.15 Å². The summed E-state index contributed by atoms with van der Waals surface area (Å²) in [5.41, 5.74) is 4.59. The predicted octanol–water partition coefficient (Wildman–Crippen LogP) is 6.03. The standard InChI is InChI=1S/C22H17BrN2O3/c1-13-4-3-5-20-21(13)25-22(28-20)16-11-15(7-8-18(16)26)24-12-14-6-9-19(27-2)17(23)10-14/h3-12,26H,1-2H3. The lowest BCUT2D eigenvalue weighted by molar-refractivity contribution is 0.412. The Morgan fingerprint density at radius 1 is 1.14 bits per heavy atom. The SMILES string of the molecule is COc1ccc(C=Nc2ccc(O)c(-c3nc4c(C)cccc4o3)c2)cc1Br. The number of para-hydroxylation sites is 1. The summed E-state index contributed by atoms with van der Waals surface area (Å²) in [6.07, 6.45) is 1.75. The topological polar surface area (TPSA) is 67.8 Å². The number of phenolic OH excluding ortho intramolecular Hbond substituents is 1. The van der Waals surface area contributed by atoms with Crippen LogP contribution in [0.5, 0.6) is 11.5 Å². The number of methoxy groups -OCH3 is 1. The zero-order chi connectivity index (χ0) is 19.7. The molecule has 0 saturated carbocycles. The van der Waals surface area contributed by atoms with Crippen molar-refractivity contribution in [2.75, 3.05) is 7.11 Å². The average Bonchev–Trinajstić information content (AvgIpc) is 3.13. The van der Waals surface area contributed by atoms with Crippen LogP contribution in [0.15, 0.2) is 68.5 Å². The monoisotopic (exact) mass is 436 g/mol. The molecule has 1 N–H and O–H groups in total. The van der Waals surface area contributed by atoms with E-state index in [2.05, 4.69) is 25.9 Å². The fourth-order valence-corrected chi connectivity index (χ4v) is 3.45. The summed E-state index contributed by atoms with van der Waals surface area (Å²) in [5.74, 6) is 1.22. The number of ether oxygens (including phenoxy) is 1. The summed E-state index contributed by atoms with van der Waals surface area (Å²) in [7, 11) is 1.62.